The smallest absolute Gasteiger partial charge is 0.211 e. The maximum Gasteiger partial charge on any atom is 0.240 e. The van der Waals surface area contributed by atoms with Crippen LogP contribution in [0.2, 0.25) is 5.02 Å². The molecule has 1 N–H and O–H groups in total. The Morgan fingerprint density at radius 2 is 1.89 bits per heavy atom. The maximum absolute atomic E-state index is 12.0. The largest absolute Gasteiger partial charge is 0.240 e. The molecule has 0 fully saturated rings. The molecule has 0 spiro atoms. The minimum Gasteiger partial charge on any atom is -0.211 e. The molecule has 1 aromatic heterocycles. The van der Waals surface area contributed by atoms with Crippen LogP contribution in [0, 0.1) is 0 Å². The van der Waals surface area contributed by atoms with Crippen molar-refractivity contribution in [1.29, 1.82) is 0 Å². The second-order valence-electron chi connectivity index (χ2n) is 4.03. The van der Waals surface area contributed by atoms with Crippen LogP contribution < -0.4 is 4.72 Å². The summed E-state index contributed by atoms with van der Waals surface area (Å²) in [5.74, 6) is 0. The molecule has 0 radical (unpaired) electrons. The number of nitrogens with one attached hydrogen (secondary N) is 1. The fourth-order valence-corrected chi connectivity index (χ4v) is 3.57. The number of aryl methyl sites for hydroxylation is 1. The second-order valence-corrected chi connectivity index (χ2v) is 7.27. The van der Waals surface area contributed by atoms with Crippen LogP contribution in [0.25, 0.3) is 0 Å². The Kier molecular flexibility index (Phi) is 4.99. The van der Waals surface area contributed by atoms with E-state index in [-0.39, 0.29) is 4.90 Å². The Hall–Kier alpha value is -0.880. The van der Waals surface area contributed by atoms with Gasteiger partial charge in [-0.15, -0.1) is 11.3 Å². The number of thiophene rings is 1. The molecule has 1 aromatic carbocycles. The molecular weight excluding hydrogens is 302 g/mol. The molecule has 3 nitrogen and oxygen atoms in total. The monoisotopic (exact) mass is 315 g/mol. The molecule has 0 saturated heterocycles. The Bertz CT molecular complexity index is 607. The van der Waals surface area contributed by atoms with Crippen molar-refractivity contribution in [3.05, 3.63) is 51.7 Å². The van der Waals surface area contributed by atoms with Crippen LogP contribution >= 0.6 is 22.9 Å². The highest BCUT2D eigenvalue weighted by Gasteiger charge is 2.12. The van der Waals surface area contributed by atoms with Crippen molar-refractivity contribution in [2.75, 3.05) is 6.54 Å². The van der Waals surface area contributed by atoms with Crippen LogP contribution in [0.5, 0.6) is 0 Å². The van der Waals surface area contributed by atoms with Gasteiger partial charge in [0.15, 0.2) is 0 Å². The van der Waals surface area contributed by atoms with Crippen molar-refractivity contribution in [2.24, 2.45) is 0 Å². The molecule has 0 bridgehead atoms. The number of hydrogen-bond donors (Lipinski definition) is 1. The van der Waals surface area contributed by atoms with E-state index in [1.54, 1.807) is 23.5 Å². The first-order valence-electron chi connectivity index (χ1n) is 5.85. The van der Waals surface area contributed by atoms with Gasteiger partial charge in [-0.05, 0) is 48.6 Å². The molecule has 102 valence electrons. The van der Waals surface area contributed by atoms with Crippen molar-refractivity contribution in [2.45, 2.75) is 17.7 Å². The van der Waals surface area contributed by atoms with E-state index in [0.717, 1.165) is 12.8 Å². The van der Waals surface area contributed by atoms with Crippen LogP contribution in [0.1, 0.15) is 11.3 Å². The van der Waals surface area contributed by atoms with Crippen molar-refractivity contribution in [3.63, 3.8) is 0 Å². The molecule has 0 unspecified atom stereocenters. The fourth-order valence-electron chi connectivity index (χ4n) is 1.62. The van der Waals surface area contributed by atoms with Gasteiger partial charge < -0.3 is 0 Å². The van der Waals surface area contributed by atoms with E-state index in [4.69, 9.17) is 11.6 Å². The van der Waals surface area contributed by atoms with Gasteiger partial charge >= 0.3 is 0 Å². The third-order valence-electron chi connectivity index (χ3n) is 2.60. The summed E-state index contributed by atoms with van der Waals surface area (Å²) in [5.41, 5.74) is 0. The predicted molar refractivity (Wildman–Crippen MR) is 79.3 cm³/mol. The lowest BCUT2D eigenvalue weighted by atomic mass is 10.3. The van der Waals surface area contributed by atoms with E-state index in [2.05, 4.69) is 10.8 Å². The Labute approximate surface area is 122 Å². The number of hydrogen-bond acceptors (Lipinski definition) is 3. The number of benzene rings is 1. The Morgan fingerprint density at radius 3 is 2.53 bits per heavy atom. The van der Waals surface area contributed by atoms with E-state index in [1.807, 2.05) is 11.4 Å². The second kappa shape index (κ2) is 6.52. The van der Waals surface area contributed by atoms with Gasteiger partial charge in [-0.2, -0.15) is 0 Å². The predicted octanol–water partition coefficient (Wildman–Crippen LogP) is 3.31. The van der Waals surface area contributed by atoms with Crippen LogP contribution in [0.3, 0.4) is 0 Å². The van der Waals surface area contributed by atoms with Gasteiger partial charge in [0.2, 0.25) is 10.0 Å². The zero-order valence-electron chi connectivity index (χ0n) is 10.2. The van der Waals surface area contributed by atoms with Crippen LogP contribution in [0.15, 0.2) is 46.7 Å². The van der Waals surface area contributed by atoms with Crippen molar-refractivity contribution in [1.82, 2.24) is 4.72 Å². The van der Waals surface area contributed by atoms with E-state index in [9.17, 15) is 8.42 Å². The third-order valence-corrected chi connectivity index (χ3v) is 5.26. The topological polar surface area (TPSA) is 46.2 Å². The average Bonchev–Trinajstić information content (AvgIpc) is 2.88. The minimum atomic E-state index is -3.42. The molecule has 0 aliphatic carbocycles. The van der Waals surface area contributed by atoms with Gasteiger partial charge in [0.05, 0.1) is 4.90 Å². The van der Waals surface area contributed by atoms with E-state index in [0.29, 0.717) is 11.6 Å². The molecule has 19 heavy (non-hydrogen) atoms. The summed E-state index contributed by atoms with van der Waals surface area (Å²) < 4.78 is 26.5. The highest BCUT2D eigenvalue weighted by Crippen LogP contribution is 2.14. The van der Waals surface area contributed by atoms with Gasteiger partial charge in [0, 0.05) is 16.4 Å². The lowest BCUT2D eigenvalue weighted by molar-refractivity contribution is 0.579. The summed E-state index contributed by atoms with van der Waals surface area (Å²) in [7, 11) is -3.42. The van der Waals surface area contributed by atoms with Gasteiger partial charge in [-0.1, -0.05) is 17.7 Å². The molecule has 2 aromatic rings. The summed E-state index contributed by atoms with van der Waals surface area (Å²) in [6.07, 6.45) is 1.67. The van der Waals surface area contributed by atoms with E-state index >= 15 is 0 Å². The summed E-state index contributed by atoms with van der Waals surface area (Å²) in [4.78, 5) is 1.51. The molecule has 0 atom stereocenters. The van der Waals surface area contributed by atoms with Gasteiger partial charge in [-0.3, -0.25) is 0 Å². The molecular formula is C13H14ClNO2S2. The normalized spacial score (nSPS) is 11.6. The standard InChI is InChI=1S/C13H14ClNO2S2/c14-11-5-7-13(8-6-11)19(16,17)15-9-1-3-12-4-2-10-18-12/h2,4-8,10,15H,1,3,9H2. The lowest BCUT2D eigenvalue weighted by Gasteiger charge is -2.06. The lowest BCUT2D eigenvalue weighted by Crippen LogP contribution is -2.25. The molecule has 0 aliphatic heterocycles. The van der Waals surface area contributed by atoms with Gasteiger partial charge in [0.1, 0.15) is 0 Å². The summed E-state index contributed by atoms with van der Waals surface area (Å²) >= 11 is 7.42. The van der Waals surface area contributed by atoms with E-state index < -0.39 is 10.0 Å². The third kappa shape index (κ3) is 4.31. The number of rotatable bonds is 6. The molecule has 0 saturated carbocycles. The Morgan fingerprint density at radius 1 is 1.16 bits per heavy atom. The summed E-state index contributed by atoms with van der Waals surface area (Å²) in [6, 6.07) is 10.2. The first-order valence-corrected chi connectivity index (χ1v) is 8.59. The quantitative estimate of drug-likeness (QED) is 0.831. The average molecular weight is 316 g/mol. The first kappa shape index (κ1) is 14.5. The van der Waals surface area contributed by atoms with Gasteiger partial charge in [-0.25, -0.2) is 13.1 Å². The Balaban J connectivity index is 1.86. The van der Waals surface area contributed by atoms with Crippen LogP contribution in [-0.2, 0) is 16.4 Å². The van der Waals surface area contributed by atoms with Crippen molar-refractivity contribution in [3.8, 4) is 0 Å². The van der Waals surface area contributed by atoms with Crippen molar-refractivity contribution >= 4 is 33.0 Å². The van der Waals surface area contributed by atoms with Crippen molar-refractivity contribution < 1.29 is 8.42 Å². The molecule has 1 heterocycles. The summed E-state index contributed by atoms with van der Waals surface area (Å²) in [5, 5.41) is 2.55. The molecule has 0 aliphatic rings. The van der Waals surface area contributed by atoms with Crippen LogP contribution in [0.4, 0.5) is 0 Å². The molecule has 0 amide bonds. The minimum absolute atomic E-state index is 0.244. The fraction of sp³-hybridized carbons (Fsp3) is 0.231. The molecule has 6 heteroatoms. The zero-order chi connectivity index (χ0) is 13.7. The zero-order valence-corrected chi connectivity index (χ0v) is 12.6. The number of sulfonamides is 1. The van der Waals surface area contributed by atoms with E-state index in [1.165, 1.54) is 17.0 Å². The highest BCUT2D eigenvalue weighted by molar-refractivity contribution is 7.89. The summed E-state index contributed by atoms with van der Waals surface area (Å²) in [6.45, 7) is 0.433. The van der Waals surface area contributed by atoms with Gasteiger partial charge in [0.25, 0.3) is 0 Å². The SMILES string of the molecule is O=S(=O)(NCCCc1cccs1)c1ccc(Cl)cc1. The van der Waals surface area contributed by atoms with Crippen LogP contribution in [-0.4, -0.2) is 15.0 Å². The molecule has 2 rings (SSSR count). The number of halogens is 1. The highest BCUT2D eigenvalue weighted by atomic mass is 35.5. The first-order chi connectivity index (χ1) is 9.08. The maximum atomic E-state index is 12.0.